The first-order valence-electron chi connectivity index (χ1n) is 11.6. The van der Waals surface area contributed by atoms with E-state index < -0.39 is 0 Å². The summed E-state index contributed by atoms with van der Waals surface area (Å²) in [6, 6.07) is 12.3. The molecular weight excluding hydrogens is 480 g/mol. The van der Waals surface area contributed by atoms with Gasteiger partial charge in [0.2, 0.25) is 11.8 Å². The van der Waals surface area contributed by atoms with Gasteiger partial charge in [0.15, 0.2) is 5.58 Å². The average molecular weight is 505 g/mol. The minimum Gasteiger partial charge on any atom is -0.508 e. The summed E-state index contributed by atoms with van der Waals surface area (Å²) in [6.45, 7) is 0.590. The molecule has 5 aromatic rings. The number of phenolic OH excluding ortho intramolecular Hbond substituents is 1. The Kier molecular flexibility index (Phi) is 6.99. The Morgan fingerprint density at radius 1 is 0.972 bits per heavy atom. The lowest BCUT2D eigenvalue weighted by Crippen LogP contribution is -2.02. The molecule has 184 valence electrons. The van der Waals surface area contributed by atoms with E-state index in [0.29, 0.717) is 58.4 Å². The Bertz CT molecular complexity index is 1510. The van der Waals surface area contributed by atoms with E-state index in [1.165, 1.54) is 0 Å². The molecule has 36 heavy (non-hydrogen) atoms. The number of aromatic nitrogens is 4. The molecule has 4 heterocycles. The van der Waals surface area contributed by atoms with E-state index in [0.717, 1.165) is 30.0 Å². The van der Waals surface area contributed by atoms with Crippen LogP contribution in [0.2, 0.25) is 0 Å². The van der Waals surface area contributed by atoms with Crippen LogP contribution in [0.1, 0.15) is 19.3 Å². The van der Waals surface area contributed by atoms with Gasteiger partial charge in [0.1, 0.15) is 28.7 Å². The van der Waals surface area contributed by atoms with Crippen LogP contribution in [0.15, 0.2) is 59.3 Å². The highest BCUT2D eigenvalue weighted by molar-refractivity contribution is 6.17. The van der Waals surface area contributed by atoms with Gasteiger partial charge in [0, 0.05) is 48.2 Å². The molecule has 1 aromatic carbocycles. The first-order chi connectivity index (χ1) is 17.6. The van der Waals surface area contributed by atoms with Gasteiger partial charge in [-0.2, -0.15) is 4.98 Å². The largest absolute Gasteiger partial charge is 0.508 e. The van der Waals surface area contributed by atoms with E-state index in [2.05, 4.69) is 30.6 Å². The summed E-state index contributed by atoms with van der Waals surface area (Å²) in [4.78, 5) is 18.2. The van der Waals surface area contributed by atoms with Crippen molar-refractivity contribution >= 4 is 50.9 Å². The smallest absolute Gasteiger partial charge is 0.229 e. The first-order valence-corrected chi connectivity index (χ1v) is 12.2. The van der Waals surface area contributed by atoms with Crippen molar-refractivity contribution < 1.29 is 14.3 Å². The fourth-order valence-corrected chi connectivity index (χ4v) is 4.04. The van der Waals surface area contributed by atoms with E-state index in [1.54, 1.807) is 37.6 Å². The van der Waals surface area contributed by atoms with Crippen molar-refractivity contribution in [3.8, 4) is 23.1 Å². The number of ether oxygens (including phenoxy) is 1. The number of oxazole rings is 1. The molecule has 0 spiro atoms. The van der Waals surface area contributed by atoms with Crippen LogP contribution in [0.3, 0.4) is 0 Å². The van der Waals surface area contributed by atoms with Gasteiger partial charge in [-0.25, -0.2) is 15.0 Å². The lowest BCUT2D eigenvalue weighted by molar-refractivity contribution is 0.295. The molecule has 0 amide bonds. The summed E-state index contributed by atoms with van der Waals surface area (Å²) in [5.41, 5.74) is 1.84. The molecule has 0 saturated carbocycles. The maximum Gasteiger partial charge on any atom is 0.229 e. The third kappa shape index (κ3) is 5.11. The molecule has 0 unspecified atom stereocenters. The van der Waals surface area contributed by atoms with Crippen LogP contribution in [0.4, 0.5) is 17.5 Å². The van der Waals surface area contributed by atoms with E-state index >= 15 is 0 Å². The maximum atomic E-state index is 9.79. The summed E-state index contributed by atoms with van der Waals surface area (Å²) in [5, 5.41) is 17.8. The summed E-state index contributed by atoms with van der Waals surface area (Å²) >= 11 is 5.73. The molecule has 0 atom stereocenters. The molecule has 4 aromatic heterocycles. The van der Waals surface area contributed by atoms with Crippen molar-refractivity contribution in [1.82, 2.24) is 19.9 Å². The van der Waals surface area contributed by atoms with Crippen molar-refractivity contribution in [2.45, 2.75) is 19.3 Å². The van der Waals surface area contributed by atoms with E-state index in [4.69, 9.17) is 20.8 Å². The normalized spacial score (nSPS) is 11.2. The zero-order chi connectivity index (χ0) is 24.9. The molecule has 9 nitrogen and oxygen atoms in total. The lowest BCUT2D eigenvalue weighted by atomic mass is 10.1. The number of unbranched alkanes of at least 4 members (excludes halogenated alkanes) is 2. The number of alkyl halides is 1. The maximum absolute atomic E-state index is 9.79. The fourth-order valence-electron chi connectivity index (χ4n) is 3.85. The van der Waals surface area contributed by atoms with Crippen molar-refractivity contribution in [1.29, 1.82) is 0 Å². The second-order valence-electron chi connectivity index (χ2n) is 8.14. The lowest BCUT2D eigenvalue weighted by Gasteiger charge is -2.11. The predicted octanol–water partition coefficient (Wildman–Crippen LogP) is 6.11. The number of nitrogens with zero attached hydrogens (tertiary/aromatic N) is 4. The fraction of sp³-hybridized carbons (Fsp3) is 0.231. The predicted molar refractivity (Wildman–Crippen MR) is 141 cm³/mol. The molecule has 0 aliphatic rings. The van der Waals surface area contributed by atoms with Crippen LogP contribution in [0.5, 0.6) is 11.6 Å². The molecule has 0 fully saturated rings. The standard InChI is InChI=1S/C26H25ClN6O3/c1-28-25-18-14-29-23(32-22-6-5-7-24(33-22)35-11-4-2-3-10-27)13-17(18)19(15-30-25)26-31-20-12-16(34)8-9-21(20)36-26/h5-9,12-15,34H,2-4,10-11H2,1H3,(H,28,30)(H,29,32,33). The Balaban J connectivity index is 1.45. The SMILES string of the molecule is CNc1ncc(-c2nc3cc(O)ccc3o2)c2cc(Nc3cccc(OCCCCCCl)n3)ncc12. The molecule has 0 bridgehead atoms. The molecule has 3 N–H and O–H groups in total. The summed E-state index contributed by atoms with van der Waals surface area (Å²) in [7, 11) is 1.81. The minimum atomic E-state index is 0.125. The van der Waals surface area contributed by atoms with Crippen molar-refractivity contribution in [2.24, 2.45) is 0 Å². The van der Waals surface area contributed by atoms with Gasteiger partial charge in [0.25, 0.3) is 0 Å². The van der Waals surface area contributed by atoms with Crippen LogP contribution >= 0.6 is 11.6 Å². The van der Waals surface area contributed by atoms with Crippen molar-refractivity contribution in [3.05, 3.63) is 54.9 Å². The van der Waals surface area contributed by atoms with Crippen molar-refractivity contribution in [3.63, 3.8) is 0 Å². The van der Waals surface area contributed by atoms with Crippen LogP contribution < -0.4 is 15.4 Å². The van der Waals surface area contributed by atoms with E-state index in [9.17, 15) is 5.11 Å². The first kappa shape index (κ1) is 23.6. The van der Waals surface area contributed by atoms with Crippen molar-refractivity contribution in [2.75, 3.05) is 30.2 Å². The van der Waals surface area contributed by atoms with Gasteiger partial charge in [-0.15, -0.1) is 11.6 Å². The molecule has 0 saturated heterocycles. The number of rotatable bonds is 10. The zero-order valence-electron chi connectivity index (χ0n) is 19.7. The van der Waals surface area contributed by atoms with Gasteiger partial charge < -0.3 is 24.9 Å². The number of halogens is 1. The second kappa shape index (κ2) is 10.7. The number of fused-ring (bicyclic) bond motifs is 2. The second-order valence-corrected chi connectivity index (χ2v) is 8.52. The van der Waals surface area contributed by atoms with E-state index in [-0.39, 0.29) is 5.75 Å². The molecular formula is C26H25ClN6O3. The third-order valence-corrected chi connectivity index (χ3v) is 5.89. The number of pyridine rings is 3. The number of anilines is 3. The third-order valence-electron chi connectivity index (χ3n) is 5.62. The van der Waals surface area contributed by atoms with Gasteiger partial charge in [-0.05, 0) is 43.5 Å². The molecule has 0 radical (unpaired) electrons. The zero-order valence-corrected chi connectivity index (χ0v) is 20.4. The van der Waals surface area contributed by atoms with Gasteiger partial charge in [-0.1, -0.05) is 6.07 Å². The Hall–Kier alpha value is -4.11. The summed E-state index contributed by atoms with van der Waals surface area (Å²) in [5.74, 6) is 3.63. The highest BCUT2D eigenvalue weighted by atomic mass is 35.5. The van der Waals surface area contributed by atoms with Gasteiger partial charge in [0.05, 0.1) is 12.2 Å². The number of phenols is 1. The molecule has 5 rings (SSSR count). The van der Waals surface area contributed by atoms with Gasteiger partial charge in [-0.3, -0.25) is 0 Å². The summed E-state index contributed by atoms with van der Waals surface area (Å²) < 4.78 is 11.7. The number of hydrogen-bond donors (Lipinski definition) is 3. The van der Waals surface area contributed by atoms with Crippen LogP contribution in [0, 0.1) is 0 Å². The number of hydrogen-bond acceptors (Lipinski definition) is 9. The van der Waals surface area contributed by atoms with Crippen LogP contribution in [-0.2, 0) is 0 Å². The Morgan fingerprint density at radius 3 is 2.75 bits per heavy atom. The number of aromatic hydroxyl groups is 1. The highest BCUT2D eigenvalue weighted by Gasteiger charge is 2.16. The minimum absolute atomic E-state index is 0.125. The molecule has 10 heteroatoms. The number of nitrogens with one attached hydrogen (secondary N) is 2. The average Bonchev–Trinajstić information content (AvgIpc) is 3.31. The Labute approximate surface area is 212 Å². The molecule has 0 aliphatic heterocycles. The monoisotopic (exact) mass is 504 g/mol. The topological polar surface area (TPSA) is 118 Å². The van der Waals surface area contributed by atoms with Crippen LogP contribution in [0.25, 0.3) is 33.3 Å². The highest BCUT2D eigenvalue weighted by Crippen LogP contribution is 2.34. The number of benzene rings is 1. The van der Waals surface area contributed by atoms with Gasteiger partial charge >= 0.3 is 0 Å². The quantitative estimate of drug-likeness (QED) is 0.153. The summed E-state index contributed by atoms with van der Waals surface area (Å²) in [6.07, 6.45) is 6.38. The van der Waals surface area contributed by atoms with E-state index in [1.807, 2.05) is 24.3 Å². The van der Waals surface area contributed by atoms with Crippen LogP contribution in [-0.4, -0.2) is 44.6 Å². The molecule has 0 aliphatic carbocycles. The Morgan fingerprint density at radius 2 is 1.89 bits per heavy atom.